The third kappa shape index (κ3) is 2.15. The van der Waals surface area contributed by atoms with E-state index in [-0.39, 0.29) is 11.6 Å². The van der Waals surface area contributed by atoms with Crippen LogP contribution >= 0.6 is 23.6 Å². The van der Waals surface area contributed by atoms with E-state index in [9.17, 15) is 4.79 Å². The van der Waals surface area contributed by atoms with Crippen LogP contribution in [0.15, 0.2) is 35.0 Å². The molecule has 0 aliphatic rings. The van der Waals surface area contributed by atoms with Gasteiger partial charge in [0.15, 0.2) is 4.77 Å². The van der Waals surface area contributed by atoms with Crippen molar-refractivity contribution in [1.82, 2.24) is 19.1 Å². The van der Waals surface area contributed by atoms with Gasteiger partial charge in [-0.1, -0.05) is 0 Å². The lowest BCUT2D eigenvalue weighted by Gasteiger charge is -2.15. The number of rotatable bonds is 3. The number of nitrogens with one attached hydrogen (secondary N) is 1. The van der Waals surface area contributed by atoms with Crippen molar-refractivity contribution >= 4 is 33.8 Å². The SMILES string of the molecule is CC(Cn1ccnc1)n1c(=S)[nH]c2sccc2c1=O. The van der Waals surface area contributed by atoms with Gasteiger partial charge in [-0.2, -0.15) is 0 Å². The van der Waals surface area contributed by atoms with Crippen molar-refractivity contribution in [1.29, 1.82) is 0 Å². The van der Waals surface area contributed by atoms with E-state index in [4.69, 9.17) is 12.2 Å². The van der Waals surface area contributed by atoms with E-state index < -0.39 is 0 Å². The molecule has 0 aliphatic carbocycles. The minimum absolute atomic E-state index is 0.0326. The Labute approximate surface area is 118 Å². The maximum Gasteiger partial charge on any atom is 0.263 e. The Hall–Kier alpha value is -1.73. The van der Waals surface area contributed by atoms with E-state index >= 15 is 0 Å². The van der Waals surface area contributed by atoms with Crippen LogP contribution in [0.5, 0.6) is 0 Å². The summed E-state index contributed by atoms with van der Waals surface area (Å²) in [6.45, 7) is 2.64. The van der Waals surface area contributed by atoms with Crippen molar-refractivity contribution in [3.05, 3.63) is 45.3 Å². The highest BCUT2D eigenvalue weighted by molar-refractivity contribution is 7.71. The fourth-order valence-electron chi connectivity index (χ4n) is 2.14. The van der Waals surface area contributed by atoms with Crippen molar-refractivity contribution in [2.75, 3.05) is 0 Å². The summed E-state index contributed by atoms with van der Waals surface area (Å²) in [5.41, 5.74) is -0.0346. The molecule has 0 amide bonds. The van der Waals surface area contributed by atoms with E-state index in [1.165, 1.54) is 11.3 Å². The molecule has 0 saturated carbocycles. The summed E-state index contributed by atoms with van der Waals surface area (Å²) >= 11 is 6.78. The zero-order valence-electron chi connectivity index (χ0n) is 10.2. The molecule has 5 nitrogen and oxygen atoms in total. The minimum Gasteiger partial charge on any atom is -0.335 e. The topological polar surface area (TPSA) is 55.6 Å². The molecule has 98 valence electrons. The second-order valence-electron chi connectivity index (χ2n) is 4.38. The van der Waals surface area contributed by atoms with E-state index in [0.717, 1.165) is 4.83 Å². The molecule has 0 fully saturated rings. The lowest BCUT2D eigenvalue weighted by atomic mass is 10.3. The maximum atomic E-state index is 12.4. The molecule has 1 atom stereocenters. The number of hydrogen-bond donors (Lipinski definition) is 1. The summed E-state index contributed by atoms with van der Waals surface area (Å²) in [4.78, 5) is 20.4. The van der Waals surface area contributed by atoms with Crippen LogP contribution in [-0.4, -0.2) is 19.1 Å². The van der Waals surface area contributed by atoms with E-state index in [1.807, 2.05) is 29.1 Å². The average molecular weight is 292 g/mol. The Kier molecular flexibility index (Phi) is 3.08. The van der Waals surface area contributed by atoms with Gasteiger partial charge in [-0.05, 0) is 30.6 Å². The molecule has 3 aromatic rings. The van der Waals surface area contributed by atoms with E-state index in [2.05, 4.69) is 9.97 Å². The highest BCUT2D eigenvalue weighted by Gasteiger charge is 2.12. The number of imidazole rings is 1. The number of aromatic amines is 1. The van der Waals surface area contributed by atoms with Gasteiger partial charge in [-0.15, -0.1) is 11.3 Å². The lowest BCUT2D eigenvalue weighted by molar-refractivity contribution is 0.446. The van der Waals surface area contributed by atoms with Crippen molar-refractivity contribution < 1.29 is 0 Å². The van der Waals surface area contributed by atoms with Gasteiger partial charge in [-0.3, -0.25) is 9.36 Å². The molecule has 0 saturated heterocycles. The van der Waals surface area contributed by atoms with Crippen LogP contribution < -0.4 is 5.56 Å². The molecule has 7 heteroatoms. The summed E-state index contributed by atoms with van der Waals surface area (Å²) in [6, 6.07) is 1.79. The summed E-state index contributed by atoms with van der Waals surface area (Å²) < 4.78 is 4.03. The molecular weight excluding hydrogens is 280 g/mol. The Balaban J connectivity index is 2.09. The zero-order valence-corrected chi connectivity index (χ0v) is 11.9. The van der Waals surface area contributed by atoms with Gasteiger partial charge in [0.25, 0.3) is 5.56 Å². The fourth-order valence-corrected chi connectivity index (χ4v) is 3.34. The molecule has 3 heterocycles. The monoisotopic (exact) mass is 292 g/mol. The molecule has 0 aromatic carbocycles. The molecule has 0 spiro atoms. The summed E-state index contributed by atoms with van der Waals surface area (Å²) in [5, 5.41) is 2.58. The largest absolute Gasteiger partial charge is 0.335 e. The smallest absolute Gasteiger partial charge is 0.263 e. The van der Waals surface area contributed by atoms with E-state index in [0.29, 0.717) is 16.7 Å². The number of nitrogens with zero attached hydrogens (tertiary/aromatic N) is 3. The first-order chi connectivity index (χ1) is 9.16. The van der Waals surface area contributed by atoms with Gasteiger partial charge < -0.3 is 9.55 Å². The number of thiophene rings is 1. The molecule has 3 aromatic heterocycles. The Morgan fingerprint density at radius 1 is 1.58 bits per heavy atom. The first kappa shape index (κ1) is 12.3. The maximum absolute atomic E-state index is 12.4. The average Bonchev–Trinajstić information content (AvgIpc) is 2.99. The molecule has 0 bridgehead atoms. The number of fused-ring (bicyclic) bond motifs is 1. The minimum atomic E-state index is -0.0346. The normalized spacial score (nSPS) is 12.9. The second kappa shape index (κ2) is 4.75. The van der Waals surface area contributed by atoms with Crippen molar-refractivity contribution in [2.24, 2.45) is 0 Å². The van der Waals surface area contributed by atoms with Crippen LogP contribution in [-0.2, 0) is 6.54 Å². The summed E-state index contributed by atoms with van der Waals surface area (Å²) in [6.07, 6.45) is 5.33. The lowest BCUT2D eigenvalue weighted by Crippen LogP contribution is -2.27. The predicted octanol–water partition coefficient (Wildman–Crippen LogP) is 2.58. The third-order valence-electron chi connectivity index (χ3n) is 3.03. The Bertz CT molecular complexity index is 812. The molecule has 0 aliphatic heterocycles. The van der Waals surface area contributed by atoms with Gasteiger partial charge >= 0.3 is 0 Å². The van der Waals surface area contributed by atoms with Gasteiger partial charge in [0.1, 0.15) is 4.83 Å². The summed E-state index contributed by atoms with van der Waals surface area (Å²) in [7, 11) is 0. The van der Waals surface area contributed by atoms with Crippen LogP contribution in [0, 0.1) is 4.77 Å². The molecule has 1 unspecified atom stereocenters. The second-order valence-corrected chi connectivity index (χ2v) is 5.68. The molecule has 3 rings (SSSR count). The van der Waals surface area contributed by atoms with Gasteiger partial charge in [-0.25, -0.2) is 4.98 Å². The van der Waals surface area contributed by atoms with Crippen LogP contribution in [0.25, 0.3) is 10.2 Å². The first-order valence-corrected chi connectivity index (χ1v) is 7.13. The zero-order chi connectivity index (χ0) is 13.4. The van der Waals surface area contributed by atoms with Crippen LogP contribution in [0.4, 0.5) is 0 Å². The van der Waals surface area contributed by atoms with Gasteiger partial charge in [0, 0.05) is 18.9 Å². The quantitative estimate of drug-likeness (QED) is 0.755. The van der Waals surface area contributed by atoms with Crippen molar-refractivity contribution in [3.8, 4) is 0 Å². The number of hydrogen-bond acceptors (Lipinski definition) is 4. The highest BCUT2D eigenvalue weighted by atomic mass is 32.1. The van der Waals surface area contributed by atoms with Gasteiger partial charge in [0.2, 0.25) is 0 Å². The summed E-state index contributed by atoms with van der Waals surface area (Å²) in [5.74, 6) is 0. The molecule has 0 radical (unpaired) electrons. The molecular formula is C12H12N4OS2. The van der Waals surface area contributed by atoms with Crippen molar-refractivity contribution in [2.45, 2.75) is 19.5 Å². The number of aromatic nitrogens is 4. The standard InChI is InChI=1S/C12H12N4OS2/c1-8(6-15-4-3-13-7-15)16-11(17)9-2-5-19-10(9)14-12(16)18/h2-5,7-8H,6H2,1H3,(H,14,18). The van der Waals surface area contributed by atoms with Crippen LogP contribution in [0.1, 0.15) is 13.0 Å². The molecule has 1 N–H and O–H groups in total. The van der Waals surface area contributed by atoms with Crippen LogP contribution in [0.2, 0.25) is 0 Å². The predicted molar refractivity (Wildman–Crippen MR) is 78.2 cm³/mol. The highest BCUT2D eigenvalue weighted by Crippen LogP contribution is 2.16. The Morgan fingerprint density at radius 2 is 2.42 bits per heavy atom. The van der Waals surface area contributed by atoms with E-state index in [1.54, 1.807) is 17.1 Å². The van der Waals surface area contributed by atoms with Crippen molar-refractivity contribution in [3.63, 3.8) is 0 Å². The molecule has 19 heavy (non-hydrogen) atoms. The van der Waals surface area contributed by atoms with Gasteiger partial charge in [0.05, 0.1) is 17.8 Å². The third-order valence-corrected chi connectivity index (χ3v) is 4.16. The fraction of sp³-hybridized carbons (Fsp3) is 0.250. The first-order valence-electron chi connectivity index (χ1n) is 5.84. The number of H-pyrrole nitrogens is 1. The Morgan fingerprint density at radius 3 is 3.16 bits per heavy atom. The van der Waals surface area contributed by atoms with Crippen LogP contribution in [0.3, 0.4) is 0 Å².